The van der Waals surface area contributed by atoms with Crippen LogP contribution < -0.4 is 5.32 Å². The number of benzene rings is 1. The number of ether oxygens (including phenoxy) is 3. The van der Waals surface area contributed by atoms with Crippen LogP contribution in [0.3, 0.4) is 0 Å². The quantitative estimate of drug-likeness (QED) is 0.368. The van der Waals surface area contributed by atoms with Gasteiger partial charge in [0.25, 0.3) is 0 Å². The molecule has 2 aromatic rings. The monoisotopic (exact) mass is 455 g/mol. The molecule has 0 aliphatic heterocycles. The lowest BCUT2D eigenvalue weighted by Gasteiger charge is -2.08. The van der Waals surface area contributed by atoms with Crippen LogP contribution in [0.25, 0.3) is 0 Å². The molecule has 2 rings (SSSR count). The maximum absolute atomic E-state index is 13.7. The van der Waals surface area contributed by atoms with E-state index in [1.165, 1.54) is 18.2 Å². The molecular formula is C19H18FNO7S2. The number of anilines is 1. The number of halogens is 1. The molecule has 8 nitrogen and oxygen atoms in total. The van der Waals surface area contributed by atoms with Gasteiger partial charge in [-0.2, -0.15) is 0 Å². The third-order valence-corrected chi connectivity index (χ3v) is 5.94. The largest absolute Gasteiger partial charge is 0.469 e. The van der Waals surface area contributed by atoms with Crippen LogP contribution >= 0.6 is 23.1 Å². The number of carbonyl (C=O) groups excluding carboxylic acids is 4. The molecule has 160 valence electrons. The molecule has 30 heavy (non-hydrogen) atoms. The van der Waals surface area contributed by atoms with Crippen LogP contribution in [0.2, 0.25) is 0 Å². The maximum atomic E-state index is 13.7. The Kier molecular flexibility index (Phi) is 8.36. The van der Waals surface area contributed by atoms with Crippen molar-refractivity contribution in [3.8, 4) is 0 Å². The van der Waals surface area contributed by atoms with Crippen molar-refractivity contribution in [3.05, 3.63) is 46.1 Å². The second kappa shape index (κ2) is 10.7. The average Bonchev–Trinajstić information content (AvgIpc) is 3.09. The predicted octanol–water partition coefficient (Wildman–Crippen LogP) is 2.91. The van der Waals surface area contributed by atoms with Crippen molar-refractivity contribution in [2.45, 2.75) is 11.3 Å². The van der Waals surface area contributed by atoms with Gasteiger partial charge < -0.3 is 19.5 Å². The van der Waals surface area contributed by atoms with Crippen LogP contribution in [0.1, 0.15) is 25.6 Å². The minimum Gasteiger partial charge on any atom is -0.469 e. The Hall–Kier alpha value is -2.92. The third kappa shape index (κ3) is 5.57. The summed E-state index contributed by atoms with van der Waals surface area (Å²) in [6.07, 6.45) is -0.401. The molecule has 1 heterocycles. The van der Waals surface area contributed by atoms with Gasteiger partial charge >= 0.3 is 17.9 Å². The van der Waals surface area contributed by atoms with Gasteiger partial charge in [0.15, 0.2) is 0 Å². The molecule has 0 bridgehead atoms. The first-order chi connectivity index (χ1) is 14.3. The van der Waals surface area contributed by atoms with Crippen LogP contribution in [-0.4, -0.2) is 50.9 Å². The summed E-state index contributed by atoms with van der Waals surface area (Å²) in [5, 5.41) is 2.54. The molecule has 11 heteroatoms. The van der Waals surface area contributed by atoms with Gasteiger partial charge in [-0.3, -0.25) is 9.59 Å². The molecule has 0 fully saturated rings. The molecule has 1 aromatic heterocycles. The Labute approximate surface area is 179 Å². The van der Waals surface area contributed by atoms with Crippen LogP contribution in [0.5, 0.6) is 0 Å². The van der Waals surface area contributed by atoms with Crippen LogP contribution in [0.15, 0.2) is 29.2 Å². The van der Waals surface area contributed by atoms with E-state index in [1.54, 1.807) is 6.07 Å². The summed E-state index contributed by atoms with van der Waals surface area (Å²) in [6, 6.07) is 5.98. The molecular weight excluding hydrogens is 437 g/mol. The Morgan fingerprint density at radius 2 is 1.70 bits per heavy atom. The third-order valence-electron chi connectivity index (χ3n) is 3.76. The fraction of sp³-hybridized carbons (Fsp3) is 0.263. The molecule has 1 N–H and O–H groups in total. The minimum atomic E-state index is -0.850. The molecule has 0 atom stereocenters. The molecule has 0 spiro atoms. The SMILES string of the molecule is COC(=O)Cc1c(C(=O)OC)sc(NC(=O)CSc2ccccc2F)c1C(=O)OC. The van der Waals surface area contributed by atoms with Crippen molar-refractivity contribution >= 4 is 51.9 Å². The lowest BCUT2D eigenvalue weighted by atomic mass is 10.1. The normalized spacial score (nSPS) is 10.3. The van der Waals surface area contributed by atoms with E-state index in [-0.39, 0.29) is 31.7 Å². The van der Waals surface area contributed by atoms with Gasteiger partial charge in [-0.15, -0.1) is 23.1 Å². The fourth-order valence-electron chi connectivity index (χ4n) is 2.38. The highest BCUT2D eigenvalue weighted by Crippen LogP contribution is 2.35. The topological polar surface area (TPSA) is 108 Å². The highest BCUT2D eigenvalue weighted by atomic mass is 32.2. The lowest BCUT2D eigenvalue weighted by Crippen LogP contribution is -2.17. The number of thioether (sulfide) groups is 1. The molecule has 1 amide bonds. The van der Waals surface area contributed by atoms with E-state index in [0.717, 1.165) is 44.4 Å². The number of thiophene rings is 1. The number of hydrogen-bond donors (Lipinski definition) is 1. The molecule has 0 radical (unpaired) electrons. The second-order valence-corrected chi connectivity index (χ2v) is 7.66. The summed E-state index contributed by atoms with van der Waals surface area (Å²) in [6.45, 7) is 0. The van der Waals surface area contributed by atoms with E-state index < -0.39 is 36.1 Å². The number of esters is 3. The summed E-state index contributed by atoms with van der Waals surface area (Å²) >= 11 is 1.74. The highest BCUT2D eigenvalue weighted by molar-refractivity contribution is 8.00. The van der Waals surface area contributed by atoms with Gasteiger partial charge in [0.05, 0.1) is 39.1 Å². The summed E-state index contributed by atoms with van der Waals surface area (Å²) in [4.78, 5) is 48.9. The number of carbonyl (C=O) groups is 4. The fourth-order valence-corrected chi connectivity index (χ4v) is 4.26. The predicted molar refractivity (Wildman–Crippen MR) is 108 cm³/mol. The highest BCUT2D eigenvalue weighted by Gasteiger charge is 2.30. The lowest BCUT2D eigenvalue weighted by molar-refractivity contribution is -0.139. The van der Waals surface area contributed by atoms with Crippen LogP contribution in [0.4, 0.5) is 9.39 Å². The average molecular weight is 455 g/mol. The first-order valence-corrected chi connectivity index (χ1v) is 10.2. The Morgan fingerprint density at radius 1 is 1.03 bits per heavy atom. The number of nitrogens with one attached hydrogen (secondary N) is 1. The van der Waals surface area contributed by atoms with E-state index in [1.807, 2.05) is 0 Å². The van der Waals surface area contributed by atoms with Crippen molar-refractivity contribution in [1.82, 2.24) is 0 Å². The number of amides is 1. The molecule has 0 saturated carbocycles. The number of rotatable bonds is 8. The van der Waals surface area contributed by atoms with Gasteiger partial charge in [-0.1, -0.05) is 12.1 Å². The van der Waals surface area contributed by atoms with Crippen molar-refractivity contribution in [2.75, 3.05) is 32.4 Å². The maximum Gasteiger partial charge on any atom is 0.348 e. The first-order valence-electron chi connectivity index (χ1n) is 8.38. The molecule has 0 unspecified atom stereocenters. The zero-order valence-electron chi connectivity index (χ0n) is 16.3. The molecule has 0 saturated heterocycles. The second-order valence-electron chi connectivity index (χ2n) is 5.62. The zero-order chi connectivity index (χ0) is 22.3. The Balaban J connectivity index is 2.34. The summed E-state index contributed by atoms with van der Waals surface area (Å²) < 4.78 is 27.8. The number of hydrogen-bond acceptors (Lipinski definition) is 9. The van der Waals surface area contributed by atoms with Crippen molar-refractivity contribution < 1.29 is 37.8 Å². The van der Waals surface area contributed by atoms with Crippen molar-refractivity contribution in [2.24, 2.45) is 0 Å². The smallest absolute Gasteiger partial charge is 0.348 e. The van der Waals surface area contributed by atoms with Crippen LogP contribution in [-0.2, 0) is 30.2 Å². The Morgan fingerprint density at radius 3 is 2.30 bits per heavy atom. The van der Waals surface area contributed by atoms with E-state index in [0.29, 0.717) is 0 Å². The van der Waals surface area contributed by atoms with Gasteiger partial charge in [-0.25, -0.2) is 14.0 Å². The van der Waals surface area contributed by atoms with E-state index in [2.05, 4.69) is 10.1 Å². The van der Waals surface area contributed by atoms with E-state index in [4.69, 9.17) is 9.47 Å². The van der Waals surface area contributed by atoms with Crippen LogP contribution in [0, 0.1) is 5.82 Å². The number of methoxy groups -OCH3 is 3. The minimum absolute atomic E-state index is 0.0142. The molecule has 1 aromatic carbocycles. The van der Waals surface area contributed by atoms with E-state index >= 15 is 0 Å². The molecule has 0 aliphatic rings. The van der Waals surface area contributed by atoms with Gasteiger partial charge in [-0.05, 0) is 12.1 Å². The standard InChI is InChI=1S/C19H18FNO7S2/c1-26-14(23)8-10-15(18(24)27-2)17(30-16(10)19(25)28-3)21-13(22)9-29-12-7-5-4-6-11(12)20/h4-7H,8-9H2,1-3H3,(H,21,22). The summed E-state index contributed by atoms with van der Waals surface area (Å²) in [5.74, 6) is -3.50. The van der Waals surface area contributed by atoms with Gasteiger partial charge in [0.2, 0.25) is 5.91 Å². The van der Waals surface area contributed by atoms with Crippen molar-refractivity contribution in [3.63, 3.8) is 0 Å². The van der Waals surface area contributed by atoms with E-state index in [9.17, 15) is 23.6 Å². The zero-order valence-corrected chi connectivity index (χ0v) is 17.9. The van der Waals surface area contributed by atoms with Gasteiger partial charge in [0.1, 0.15) is 15.7 Å². The summed E-state index contributed by atoms with van der Waals surface area (Å²) in [5.41, 5.74) is -0.111. The first kappa shape index (κ1) is 23.4. The Bertz CT molecular complexity index is 974. The molecule has 0 aliphatic carbocycles. The van der Waals surface area contributed by atoms with Gasteiger partial charge in [0, 0.05) is 10.5 Å². The summed E-state index contributed by atoms with van der Waals surface area (Å²) in [7, 11) is 3.43. The van der Waals surface area contributed by atoms with Crippen molar-refractivity contribution in [1.29, 1.82) is 0 Å².